The Balaban J connectivity index is 1.51. The van der Waals surface area contributed by atoms with Crippen molar-refractivity contribution in [2.45, 2.75) is 13.3 Å². The molecular weight excluding hydrogens is 382 g/mol. The molecule has 2 heterocycles. The van der Waals surface area contributed by atoms with Crippen molar-refractivity contribution in [2.75, 3.05) is 7.11 Å². The summed E-state index contributed by atoms with van der Waals surface area (Å²) in [4.78, 5) is 29.2. The van der Waals surface area contributed by atoms with E-state index >= 15 is 0 Å². The normalized spacial score (nSPS) is 13.7. The molecule has 6 heteroatoms. The molecule has 0 saturated carbocycles. The van der Waals surface area contributed by atoms with Crippen molar-refractivity contribution in [1.82, 2.24) is 4.98 Å². The van der Waals surface area contributed by atoms with E-state index in [1.54, 1.807) is 62.7 Å². The van der Waals surface area contributed by atoms with E-state index in [-0.39, 0.29) is 18.0 Å². The molecule has 0 fully saturated rings. The first-order valence-corrected chi connectivity index (χ1v) is 9.37. The predicted octanol–water partition coefficient (Wildman–Crippen LogP) is 4.16. The van der Waals surface area contributed by atoms with E-state index in [1.807, 2.05) is 18.2 Å². The van der Waals surface area contributed by atoms with Gasteiger partial charge in [0.1, 0.15) is 17.2 Å². The van der Waals surface area contributed by atoms with Crippen molar-refractivity contribution in [2.24, 2.45) is 0 Å². The summed E-state index contributed by atoms with van der Waals surface area (Å²) in [7, 11) is 1.59. The summed E-state index contributed by atoms with van der Waals surface area (Å²) in [6.07, 6.45) is 3.35. The largest absolute Gasteiger partial charge is 0.497 e. The number of hydrogen-bond donors (Lipinski definition) is 0. The Morgan fingerprint density at radius 3 is 2.60 bits per heavy atom. The Morgan fingerprint density at radius 1 is 1.10 bits per heavy atom. The topological polar surface area (TPSA) is 74.7 Å². The van der Waals surface area contributed by atoms with Crippen LogP contribution in [0.15, 0.2) is 66.6 Å². The van der Waals surface area contributed by atoms with Crippen molar-refractivity contribution in [3.05, 3.63) is 88.9 Å². The van der Waals surface area contributed by atoms with Crippen LogP contribution in [0.5, 0.6) is 17.2 Å². The van der Waals surface area contributed by atoms with E-state index in [1.165, 1.54) is 0 Å². The Morgan fingerprint density at radius 2 is 1.90 bits per heavy atom. The minimum Gasteiger partial charge on any atom is -0.497 e. The predicted molar refractivity (Wildman–Crippen MR) is 111 cm³/mol. The van der Waals surface area contributed by atoms with E-state index in [9.17, 15) is 9.59 Å². The van der Waals surface area contributed by atoms with Gasteiger partial charge in [-0.2, -0.15) is 0 Å². The van der Waals surface area contributed by atoms with E-state index in [0.29, 0.717) is 28.3 Å². The standard InChI is InChI=1S/C24H19NO5/c1-15-20(29-22(26)13-16-6-8-18(28-2)9-7-16)11-10-19-23(27)21(30-24(15)19)14-17-5-3-4-12-25-17/h3-12,14H,13H2,1-2H3/b21-14-. The number of esters is 1. The molecule has 1 aliphatic heterocycles. The van der Waals surface area contributed by atoms with Crippen molar-refractivity contribution >= 4 is 17.8 Å². The maximum absolute atomic E-state index is 12.6. The molecule has 0 aliphatic carbocycles. The summed E-state index contributed by atoms with van der Waals surface area (Å²) < 4.78 is 16.4. The third-order valence-corrected chi connectivity index (χ3v) is 4.73. The summed E-state index contributed by atoms with van der Waals surface area (Å²) in [5, 5.41) is 0. The molecule has 3 aromatic rings. The van der Waals surface area contributed by atoms with E-state index in [2.05, 4.69) is 4.98 Å². The molecule has 0 atom stereocenters. The molecule has 0 N–H and O–H groups in total. The van der Waals surface area contributed by atoms with Crippen LogP contribution < -0.4 is 14.2 Å². The zero-order valence-corrected chi connectivity index (χ0v) is 16.5. The lowest BCUT2D eigenvalue weighted by atomic mass is 10.1. The second-order valence-corrected chi connectivity index (χ2v) is 6.76. The van der Waals surface area contributed by atoms with Gasteiger partial charge >= 0.3 is 5.97 Å². The summed E-state index contributed by atoms with van der Waals surface area (Å²) in [6.45, 7) is 1.76. The van der Waals surface area contributed by atoms with Gasteiger partial charge in [-0.25, -0.2) is 0 Å². The summed E-state index contributed by atoms with van der Waals surface area (Å²) in [6, 6.07) is 15.8. The number of aromatic nitrogens is 1. The van der Waals surface area contributed by atoms with E-state index < -0.39 is 5.97 Å². The van der Waals surface area contributed by atoms with E-state index in [0.717, 1.165) is 11.3 Å². The van der Waals surface area contributed by atoms with Crippen LogP contribution in [0.3, 0.4) is 0 Å². The highest BCUT2D eigenvalue weighted by Crippen LogP contribution is 2.39. The number of fused-ring (bicyclic) bond motifs is 1. The number of hydrogen-bond acceptors (Lipinski definition) is 6. The number of allylic oxidation sites excluding steroid dienone is 1. The van der Waals surface area contributed by atoms with Crippen LogP contribution in [0.4, 0.5) is 0 Å². The van der Waals surface area contributed by atoms with Gasteiger partial charge in [0, 0.05) is 17.8 Å². The summed E-state index contributed by atoms with van der Waals surface area (Å²) in [5.74, 6) is 1.04. The van der Waals surface area contributed by atoms with Gasteiger partial charge in [-0.1, -0.05) is 18.2 Å². The molecule has 4 rings (SSSR count). The maximum atomic E-state index is 12.6. The van der Waals surface area contributed by atoms with Crippen LogP contribution in [0.2, 0.25) is 0 Å². The summed E-state index contributed by atoms with van der Waals surface area (Å²) in [5.41, 5.74) is 2.46. The Labute approximate surface area is 173 Å². The lowest BCUT2D eigenvalue weighted by Gasteiger charge is -2.10. The number of Topliss-reactive ketones (excluding diaryl/α,β-unsaturated/α-hetero) is 1. The molecule has 0 radical (unpaired) electrons. The number of ketones is 1. The number of nitrogens with zero attached hydrogens (tertiary/aromatic N) is 1. The monoisotopic (exact) mass is 401 g/mol. The molecule has 0 unspecified atom stereocenters. The molecule has 1 aromatic heterocycles. The fraction of sp³-hybridized carbons (Fsp3) is 0.125. The maximum Gasteiger partial charge on any atom is 0.315 e. The first-order valence-electron chi connectivity index (χ1n) is 9.37. The number of ether oxygens (including phenoxy) is 3. The van der Waals surface area contributed by atoms with Gasteiger partial charge in [0.25, 0.3) is 0 Å². The Kier molecular flexibility index (Phi) is 5.30. The van der Waals surface area contributed by atoms with Crippen LogP contribution in [-0.4, -0.2) is 23.8 Å². The van der Waals surface area contributed by atoms with E-state index in [4.69, 9.17) is 14.2 Å². The number of pyridine rings is 1. The van der Waals surface area contributed by atoms with Crippen LogP contribution in [-0.2, 0) is 11.2 Å². The van der Waals surface area contributed by atoms with Gasteiger partial charge in [0.15, 0.2) is 5.76 Å². The van der Waals surface area contributed by atoms with Crippen molar-refractivity contribution in [1.29, 1.82) is 0 Å². The smallest absolute Gasteiger partial charge is 0.315 e. The molecule has 1 aliphatic rings. The second kappa shape index (κ2) is 8.21. The molecule has 0 amide bonds. The number of rotatable bonds is 5. The van der Waals surface area contributed by atoms with Crippen LogP contribution in [0.1, 0.15) is 27.2 Å². The molecule has 0 spiro atoms. The highest BCUT2D eigenvalue weighted by atomic mass is 16.5. The molecule has 6 nitrogen and oxygen atoms in total. The van der Waals surface area contributed by atoms with Gasteiger partial charge in [-0.05, 0) is 48.9 Å². The molecule has 0 bridgehead atoms. The molecular formula is C24H19NO5. The summed E-state index contributed by atoms with van der Waals surface area (Å²) >= 11 is 0. The average molecular weight is 401 g/mol. The molecule has 30 heavy (non-hydrogen) atoms. The van der Waals surface area contributed by atoms with Crippen molar-refractivity contribution < 1.29 is 23.8 Å². The zero-order valence-electron chi connectivity index (χ0n) is 16.5. The Bertz CT molecular complexity index is 1130. The number of methoxy groups -OCH3 is 1. The Hall–Kier alpha value is -3.93. The highest BCUT2D eigenvalue weighted by molar-refractivity contribution is 6.14. The van der Waals surface area contributed by atoms with Crippen LogP contribution in [0.25, 0.3) is 6.08 Å². The number of carbonyl (C=O) groups is 2. The quantitative estimate of drug-likeness (QED) is 0.363. The average Bonchev–Trinajstić information content (AvgIpc) is 3.07. The fourth-order valence-corrected chi connectivity index (χ4v) is 3.14. The zero-order chi connectivity index (χ0) is 21.1. The van der Waals surface area contributed by atoms with Crippen LogP contribution in [0, 0.1) is 6.92 Å². The second-order valence-electron chi connectivity index (χ2n) is 6.76. The van der Waals surface area contributed by atoms with Gasteiger partial charge in [-0.3, -0.25) is 14.6 Å². The van der Waals surface area contributed by atoms with Gasteiger partial charge in [-0.15, -0.1) is 0 Å². The lowest BCUT2D eigenvalue weighted by Crippen LogP contribution is -2.12. The number of benzene rings is 2. The lowest BCUT2D eigenvalue weighted by molar-refractivity contribution is -0.133. The van der Waals surface area contributed by atoms with Crippen molar-refractivity contribution in [3.8, 4) is 17.2 Å². The minimum absolute atomic E-state index is 0.116. The molecule has 0 saturated heterocycles. The highest BCUT2D eigenvalue weighted by Gasteiger charge is 2.30. The fourth-order valence-electron chi connectivity index (χ4n) is 3.14. The van der Waals surface area contributed by atoms with Crippen LogP contribution >= 0.6 is 0 Å². The molecule has 150 valence electrons. The SMILES string of the molecule is COc1ccc(CC(=O)Oc2ccc3c(c2C)O/C(=C\c2ccccn2)C3=O)cc1. The third kappa shape index (κ3) is 3.93. The minimum atomic E-state index is -0.406. The van der Waals surface area contributed by atoms with Crippen molar-refractivity contribution in [3.63, 3.8) is 0 Å². The first kappa shape index (κ1) is 19.4. The van der Waals surface area contributed by atoms with Gasteiger partial charge in [0.2, 0.25) is 5.78 Å². The third-order valence-electron chi connectivity index (χ3n) is 4.73. The van der Waals surface area contributed by atoms with Gasteiger partial charge < -0.3 is 14.2 Å². The first-order chi connectivity index (χ1) is 14.5. The van der Waals surface area contributed by atoms with Gasteiger partial charge in [0.05, 0.1) is 24.8 Å². The molecule has 2 aromatic carbocycles. The number of carbonyl (C=O) groups excluding carboxylic acids is 2.